The zero-order valence-electron chi connectivity index (χ0n) is 17.9. The maximum atomic E-state index is 13.8. The summed E-state index contributed by atoms with van der Waals surface area (Å²) >= 11 is 18.1. The zero-order valence-corrected chi connectivity index (χ0v) is 20.3. The number of carbonyl (C=O) groups excluding carboxylic acids is 1. The van der Waals surface area contributed by atoms with Gasteiger partial charge in [-0.3, -0.25) is 9.69 Å². The minimum atomic E-state index is -1.10. The Balaban J connectivity index is 1.63. The zero-order chi connectivity index (χ0) is 23.3. The summed E-state index contributed by atoms with van der Waals surface area (Å²) in [6.07, 6.45) is 0. The number of carbonyl (C=O) groups is 1. The second kappa shape index (κ2) is 8.20. The van der Waals surface area contributed by atoms with Crippen molar-refractivity contribution < 1.29 is 9.53 Å². The van der Waals surface area contributed by atoms with Crippen LogP contribution in [0.4, 0.5) is 11.4 Å². The standard InChI is InChI=1S/C25H21Cl2N3O2S/c1-14-6-11-20-19(12-14)22-21(23(31)28-17-9-7-15(26)8-10-17)25(2,32-20)30(24(33)29-22)18-5-3-4-16(27)13-18/h3-13,21-22H,1-2H3,(H,28,31)(H,29,33)/t21-,22+,25-/m1/s1. The molecular formula is C25H21Cl2N3O2S. The van der Waals surface area contributed by atoms with Crippen LogP contribution in [0.2, 0.25) is 10.0 Å². The lowest BCUT2D eigenvalue weighted by atomic mass is 9.78. The van der Waals surface area contributed by atoms with E-state index >= 15 is 0 Å². The molecule has 8 heteroatoms. The third-order valence-electron chi connectivity index (χ3n) is 6.11. The van der Waals surface area contributed by atoms with E-state index in [4.69, 9.17) is 40.2 Å². The number of nitrogens with one attached hydrogen (secondary N) is 2. The molecule has 3 atom stereocenters. The van der Waals surface area contributed by atoms with Gasteiger partial charge in [-0.05, 0) is 74.6 Å². The van der Waals surface area contributed by atoms with Crippen molar-refractivity contribution in [1.82, 2.24) is 5.32 Å². The molecule has 0 unspecified atom stereocenters. The molecule has 3 aromatic carbocycles. The van der Waals surface area contributed by atoms with E-state index in [-0.39, 0.29) is 11.9 Å². The second-order valence-electron chi connectivity index (χ2n) is 8.41. The van der Waals surface area contributed by atoms with Gasteiger partial charge >= 0.3 is 0 Å². The number of anilines is 2. The average molecular weight is 498 g/mol. The van der Waals surface area contributed by atoms with Gasteiger partial charge in [-0.15, -0.1) is 0 Å². The van der Waals surface area contributed by atoms with E-state index in [2.05, 4.69) is 10.6 Å². The topological polar surface area (TPSA) is 53.6 Å². The molecule has 2 N–H and O–H groups in total. The Bertz CT molecular complexity index is 1270. The van der Waals surface area contributed by atoms with E-state index in [0.29, 0.717) is 26.6 Å². The summed E-state index contributed by atoms with van der Waals surface area (Å²) in [5.74, 6) is -0.113. The van der Waals surface area contributed by atoms with Crippen LogP contribution in [-0.2, 0) is 4.79 Å². The number of hydrogen-bond acceptors (Lipinski definition) is 3. The number of benzene rings is 3. The fourth-order valence-corrected chi connectivity index (χ4v) is 5.38. The molecule has 1 saturated heterocycles. The molecule has 0 spiro atoms. The Kier molecular flexibility index (Phi) is 5.47. The number of aryl methyl sites for hydroxylation is 1. The first kappa shape index (κ1) is 22.0. The van der Waals surface area contributed by atoms with Crippen molar-refractivity contribution in [3.05, 3.63) is 87.9 Å². The highest BCUT2D eigenvalue weighted by Crippen LogP contribution is 2.50. The highest BCUT2D eigenvalue weighted by Gasteiger charge is 2.59. The molecule has 2 heterocycles. The van der Waals surface area contributed by atoms with Crippen LogP contribution >= 0.6 is 35.4 Å². The van der Waals surface area contributed by atoms with E-state index in [1.807, 2.05) is 55.1 Å². The van der Waals surface area contributed by atoms with Gasteiger partial charge in [-0.1, -0.05) is 47.0 Å². The lowest BCUT2D eigenvalue weighted by Crippen LogP contribution is -2.72. The quantitative estimate of drug-likeness (QED) is 0.428. The van der Waals surface area contributed by atoms with Crippen LogP contribution in [0.3, 0.4) is 0 Å². The lowest BCUT2D eigenvalue weighted by Gasteiger charge is -2.56. The third-order valence-corrected chi connectivity index (χ3v) is 6.90. The highest BCUT2D eigenvalue weighted by molar-refractivity contribution is 7.80. The number of fused-ring (bicyclic) bond motifs is 4. The number of thiocarbonyl (C=S) groups is 1. The molecule has 5 rings (SSSR count). The van der Waals surface area contributed by atoms with Crippen LogP contribution in [0.25, 0.3) is 0 Å². The minimum absolute atomic E-state index is 0.195. The number of halogens is 2. The summed E-state index contributed by atoms with van der Waals surface area (Å²) in [4.78, 5) is 15.6. The van der Waals surface area contributed by atoms with Crippen molar-refractivity contribution >= 4 is 57.8 Å². The fraction of sp³-hybridized carbons (Fsp3) is 0.200. The van der Waals surface area contributed by atoms with Gasteiger partial charge in [-0.2, -0.15) is 0 Å². The Morgan fingerprint density at radius 2 is 1.85 bits per heavy atom. The van der Waals surface area contributed by atoms with Crippen LogP contribution in [0.5, 0.6) is 5.75 Å². The summed E-state index contributed by atoms with van der Waals surface area (Å²) < 4.78 is 6.59. The van der Waals surface area contributed by atoms with E-state index in [1.54, 1.807) is 30.3 Å². The number of rotatable bonds is 3. The first-order chi connectivity index (χ1) is 15.8. The molecule has 168 valence electrons. The van der Waals surface area contributed by atoms with E-state index < -0.39 is 11.6 Å². The molecule has 5 nitrogen and oxygen atoms in total. The summed E-state index contributed by atoms with van der Waals surface area (Å²) in [5, 5.41) is 8.05. The monoisotopic (exact) mass is 497 g/mol. The van der Waals surface area contributed by atoms with Crippen LogP contribution < -0.4 is 20.3 Å². The third kappa shape index (κ3) is 3.82. The lowest BCUT2D eigenvalue weighted by molar-refractivity contribution is -0.130. The van der Waals surface area contributed by atoms with Gasteiger partial charge in [0, 0.05) is 27.0 Å². The molecule has 0 radical (unpaired) electrons. The van der Waals surface area contributed by atoms with Gasteiger partial charge in [-0.25, -0.2) is 0 Å². The molecule has 2 aliphatic rings. The molecule has 3 aromatic rings. The number of amides is 1. The van der Waals surface area contributed by atoms with Crippen molar-refractivity contribution in [3.63, 3.8) is 0 Å². The Hall–Kier alpha value is -2.80. The molecule has 0 aromatic heterocycles. The van der Waals surface area contributed by atoms with Crippen LogP contribution in [0.1, 0.15) is 24.1 Å². The van der Waals surface area contributed by atoms with Crippen molar-refractivity contribution in [2.45, 2.75) is 25.6 Å². The van der Waals surface area contributed by atoms with Gasteiger partial charge in [0.25, 0.3) is 0 Å². The van der Waals surface area contributed by atoms with Crippen LogP contribution in [0.15, 0.2) is 66.7 Å². The predicted molar refractivity (Wildman–Crippen MR) is 136 cm³/mol. The Labute approximate surface area is 207 Å². The molecule has 33 heavy (non-hydrogen) atoms. The largest absolute Gasteiger partial charge is 0.467 e. The number of hydrogen-bond donors (Lipinski definition) is 2. The molecule has 0 aliphatic carbocycles. The molecule has 2 aliphatic heterocycles. The summed E-state index contributed by atoms with van der Waals surface area (Å²) in [5.41, 5.74) is 2.26. The highest BCUT2D eigenvalue weighted by atomic mass is 35.5. The molecule has 1 amide bonds. The predicted octanol–water partition coefficient (Wildman–Crippen LogP) is 6.10. The second-order valence-corrected chi connectivity index (χ2v) is 9.67. The van der Waals surface area contributed by atoms with E-state index in [9.17, 15) is 4.79 Å². The van der Waals surface area contributed by atoms with Gasteiger partial charge in [0.2, 0.25) is 5.91 Å². The molecular weight excluding hydrogens is 477 g/mol. The first-order valence-electron chi connectivity index (χ1n) is 10.5. The fourth-order valence-electron chi connectivity index (χ4n) is 4.66. The first-order valence-corrected chi connectivity index (χ1v) is 11.6. The van der Waals surface area contributed by atoms with Gasteiger partial charge in [0.05, 0.1) is 6.04 Å². The molecule has 2 bridgehead atoms. The van der Waals surface area contributed by atoms with E-state index in [0.717, 1.165) is 16.8 Å². The van der Waals surface area contributed by atoms with Crippen molar-refractivity contribution in [2.75, 3.05) is 10.2 Å². The van der Waals surface area contributed by atoms with Crippen molar-refractivity contribution in [2.24, 2.45) is 5.92 Å². The molecule has 0 saturated carbocycles. The van der Waals surface area contributed by atoms with Crippen LogP contribution in [0, 0.1) is 12.8 Å². The Morgan fingerprint density at radius 3 is 2.58 bits per heavy atom. The van der Waals surface area contributed by atoms with Crippen molar-refractivity contribution in [3.8, 4) is 5.75 Å². The minimum Gasteiger partial charge on any atom is -0.467 e. The summed E-state index contributed by atoms with van der Waals surface area (Å²) in [6, 6.07) is 20.0. The van der Waals surface area contributed by atoms with Crippen LogP contribution in [-0.4, -0.2) is 16.7 Å². The average Bonchev–Trinajstić information content (AvgIpc) is 2.75. The van der Waals surface area contributed by atoms with E-state index in [1.165, 1.54) is 0 Å². The van der Waals surface area contributed by atoms with Gasteiger partial charge in [0.15, 0.2) is 10.8 Å². The number of nitrogens with zero attached hydrogens (tertiary/aromatic N) is 1. The Morgan fingerprint density at radius 1 is 1.09 bits per heavy atom. The normalized spacial score (nSPS) is 23.3. The van der Waals surface area contributed by atoms with Crippen molar-refractivity contribution in [1.29, 1.82) is 0 Å². The van der Waals surface area contributed by atoms with Gasteiger partial charge in [0.1, 0.15) is 11.7 Å². The summed E-state index contributed by atoms with van der Waals surface area (Å²) in [7, 11) is 0. The maximum Gasteiger partial charge on any atom is 0.236 e. The smallest absolute Gasteiger partial charge is 0.236 e. The molecule has 1 fully saturated rings. The van der Waals surface area contributed by atoms with Gasteiger partial charge < -0.3 is 15.4 Å². The maximum absolute atomic E-state index is 13.8. The number of ether oxygens (including phenoxy) is 1. The summed E-state index contributed by atoms with van der Waals surface area (Å²) in [6.45, 7) is 3.90. The SMILES string of the molecule is Cc1ccc2c(c1)[C@@H]1NC(=S)N(c3cccc(Cl)c3)[C@](C)(O2)[C@H]1C(=O)Nc1ccc(Cl)cc1.